The van der Waals surface area contributed by atoms with Crippen molar-refractivity contribution in [3.8, 4) is 0 Å². The third-order valence-electron chi connectivity index (χ3n) is 3.53. The van der Waals surface area contributed by atoms with Gasteiger partial charge in [0.2, 0.25) is 0 Å². The van der Waals surface area contributed by atoms with Crippen LogP contribution < -0.4 is 16.9 Å². The molecule has 1 fully saturated rings. The fraction of sp³-hybridized carbons (Fsp3) is 0.467. The van der Waals surface area contributed by atoms with E-state index in [1.54, 1.807) is 0 Å². The van der Waals surface area contributed by atoms with Gasteiger partial charge in [-0.05, 0) is 24.1 Å². The lowest BCUT2D eigenvalue weighted by atomic mass is 10.0. The van der Waals surface area contributed by atoms with E-state index in [1.165, 1.54) is 0 Å². The van der Waals surface area contributed by atoms with Crippen LogP contribution in [0, 0.1) is 0 Å². The number of benzene rings is 1. The van der Waals surface area contributed by atoms with Crippen LogP contribution in [0.25, 0.3) is 0 Å². The summed E-state index contributed by atoms with van der Waals surface area (Å²) in [6.07, 6.45) is -3.09. The van der Waals surface area contributed by atoms with E-state index in [1.807, 2.05) is 24.3 Å². The molecule has 24 heavy (non-hydrogen) atoms. The second-order valence-corrected chi connectivity index (χ2v) is 6.11. The van der Waals surface area contributed by atoms with E-state index in [0.717, 1.165) is 18.2 Å². The molecule has 1 aromatic carbocycles. The summed E-state index contributed by atoms with van der Waals surface area (Å²) in [5, 5.41) is 4.46. The second-order valence-electron chi connectivity index (χ2n) is 5.67. The lowest BCUT2D eigenvalue weighted by Gasteiger charge is -2.31. The van der Waals surface area contributed by atoms with Gasteiger partial charge in [0.1, 0.15) is 12.6 Å². The maximum atomic E-state index is 12.2. The summed E-state index contributed by atoms with van der Waals surface area (Å²) in [6, 6.07) is 7.61. The minimum absolute atomic E-state index is 0.0966. The van der Waals surface area contributed by atoms with Crippen LogP contribution in [0.1, 0.15) is 5.56 Å². The van der Waals surface area contributed by atoms with Gasteiger partial charge < -0.3 is 20.8 Å². The SMILES string of the molecule is N/C(=C\N(N)CC(F)(F)F)C1CN[C@@H](Cc2ccc(Cl)cc2)CO1. The van der Waals surface area contributed by atoms with E-state index in [9.17, 15) is 13.2 Å². The molecule has 0 saturated carbocycles. The molecule has 5 N–H and O–H groups in total. The maximum absolute atomic E-state index is 12.2. The topological polar surface area (TPSA) is 76.5 Å². The highest BCUT2D eigenvalue weighted by Crippen LogP contribution is 2.17. The summed E-state index contributed by atoms with van der Waals surface area (Å²) < 4.78 is 42.3. The molecular formula is C15H20ClF3N4O. The van der Waals surface area contributed by atoms with Crippen molar-refractivity contribution in [1.29, 1.82) is 0 Å². The number of ether oxygens (including phenoxy) is 1. The van der Waals surface area contributed by atoms with Gasteiger partial charge in [-0.25, -0.2) is 5.84 Å². The van der Waals surface area contributed by atoms with E-state index in [0.29, 0.717) is 23.2 Å². The molecule has 1 unspecified atom stereocenters. The minimum atomic E-state index is -4.39. The van der Waals surface area contributed by atoms with Gasteiger partial charge >= 0.3 is 6.18 Å². The van der Waals surface area contributed by atoms with Gasteiger partial charge in [0, 0.05) is 23.8 Å². The van der Waals surface area contributed by atoms with Gasteiger partial charge in [-0.1, -0.05) is 23.7 Å². The normalized spacial score (nSPS) is 22.5. The first kappa shape index (κ1) is 18.9. The number of nitrogens with two attached hydrogens (primary N) is 2. The van der Waals surface area contributed by atoms with Crippen molar-refractivity contribution in [1.82, 2.24) is 10.3 Å². The molecule has 0 bridgehead atoms. The van der Waals surface area contributed by atoms with Gasteiger partial charge in [-0.2, -0.15) is 13.2 Å². The molecule has 1 aromatic rings. The molecule has 0 radical (unpaired) electrons. The smallest absolute Gasteiger partial charge is 0.399 e. The first-order valence-electron chi connectivity index (χ1n) is 7.37. The maximum Gasteiger partial charge on any atom is 0.407 e. The lowest BCUT2D eigenvalue weighted by molar-refractivity contribution is -0.140. The molecule has 1 heterocycles. The number of hydrogen-bond acceptors (Lipinski definition) is 5. The number of hydrazine groups is 1. The first-order valence-corrected chi connectivity index (χ1v) is 7.75. The van der Waals surface area contributed by atoms with Crippen LogP contribution in [-0.2, 0) is 11.2 Å². The Morgan fingerprint density at radius 1 is 1.38 bits per heavy atom. The highest BCUT2D eigenvalue weighted by Gasteiger charge is 2.29. The molecule has 1 aliphatic heterocycles. The molecule has 2 rings (SSSR count). The molecule has 1 saturated heterocycles. The van der Waals surface area contributed by atoms with E-state index >= 15 is 0 Å². The molecule has 0 amide bonds. The average molecular weight is 365 g/mol. The summed E-state index contributed by atoms with van der Waals surface area (Å²) in [4.78, 5) is 0. The largest absolute Gasteiger partial charge is 0.407 e. The minimum Gasteiger partial charge on any atom is -0.399 e. The van der Waals surface area contributed by atoms with Crippen molar-refractivity contribution in [3.05, 3.63) is 46.7 Å². The summed E-state index contributed by atoms with van der Waals surface area (Å²) >= 11 is 5.84. The Kier molecular flexibility index (Phi) is 6.34. The van der Waals surface area contributed by atoms with Crippen molar-refractivity contribution in [2.45, 2.75) is 24.7 Å². The van der Waals surface area contributed by atoms with E-state index in [2.05, 4.69) is 5.32 Å². The van der Waals surface area contributed by atoms with Crippen molar-refractivity contribution in [3.63, 3.8) is 0 Å². The van der Waals surface area contributed by atoms with E-state index < -0.39 is 18.8 Å². The number of alkyl halides is 3. The molecule has 9 heteroatoms. The van der Waals surface area contributed by atoms with Crippen LogP contribution in [0.5, 0.6) is 0 Å². The van der Waals surface area contributed by atoms with E-state index in [-0.39, 0.29) is 11.7 Å². The van der Waals surface area contributed by atoms with Crippen molar-refractivity contribution in [2.75, 3.05) is 19.7 Å². The fourth-order valence-electron chi connectivity index (χ4n) is 2.40. The van der Waals surface area contributed by atoms with Gasteiger partial charge in [0.25, 0.3) is 0 Å². The zero-order valence-corrected chi connectivity index (χ0v) is 13.6. The molecule has 0 spiro atoms. The zero-order valence-electron chi connectivity index (χ0n) is 12.9. The Hall–Kier alpha value is -1.48. The standard InChI is InChI=1S/C15H20ClF3N4O/c16-11-3-1-10(2-4-11)5-12-8-24-14(6-22-12)13(20)7-23(21)9-15(17,18)19/h1-4,7,12,14,22H,5-6,8-9,20-21H2/b13-7-/t12-,14?/m0/s1. The van der Waals surface area contributed by atoms with Crippen LogP contribution in [-0.4, -0.2) is 43.0 Å². The number of nitrogens with one attached hydrogen (secondary N) is 1. The monoisotopic (exact) mass is 364 g/mol. The molecule has 134 valence electrons. The Morgan fingerprint density at radius 2 is 2.04 bits per heavy atom. The molecule has 0 aromatic heterocycles. The zero-order chi connectivity index (χ0) is 17.7. The average Bonchev–Trinajstić information content (AvgIpc) is 2.48. The third-order valence-corrected chi connectivity index (χ3v) is 3.79. The van der Waals surface area contributed by atoms with Gasteiger partial charge in [-0.3, -0.25) is 0 Å². The predicted octanol–water partition coefficient (Wildman–Crippen LogP) is 1.78. The van der Waals surface area contributed by atoms with E-state index in [4.69, 9.17) is 27.9 Å². The summed E-state index contributed by atoms with van der Waals surface area (Å²) in [5.74, 6) is 5.28. The second kappa shape index (κ2) is 8.06. The number of halogens is 4. The Bertz CT molecular complexity index is 557. The highest BCUT2D eigenvalue weighted by atomic mass is 35.5. The van der Waals surface area contributed by atoms with Crippen LogP contribution in [0.15, 0.2) is 36.2 Å². The van der Waals surface area contributed by atoms with Crippen LogP contribution >= 0.6 is 11.6 Å². The van der Waals surface area contributed by atoms with Crippen LogP contribution in [0.3, 0.4) is 0 Å². The molecular weight excluding hydrogens is 345 g/mol. The number of rotatable bonds is 5. The number of hydrogen-bond donors (Lipinski definition) is 3. The number of morpholine rings is 1. The van der Waals surface area contributed by atoms with Crippen molar-refractivity contribution in [2.24, 2.45) is 11.6 Å². The van der Waals surface area contributed by atoms with Gasteiger partial charge in [0.15, 0.2) is 0 Å². The predicted molar refractivity (Wildman–Crippen MR) is 85.9 cm³/mol. The van der Waals surface area contributed by atoms with Crippen molar-refractivity contribution >= 4 is 11.6 Å². The Balaban J connectivity index is 1.82. The molecule has 0 aliphatic carbocycles. The third kappa shape index (κ3) is 6.20. The van der Waals surface area contributed by atoms with Gasteiger partial charge in [0.05, 0.1) is 12.3 Å². The van der Waals surface area contributed by atoms with Crippen LogP contribution in [0.2, 0.25) is 5.02 Å². The first-order chi connectivity index (χ1) is 11.2. The summed E-state index contributed by atoms with van der Waals surface area (Å²) in [7, 11) is 0. The van der Waals surface area contributed by atoms with Crippen LogP contribution in [0.4, 0.5) is 13.2 Å². The molecule has 5 nitrogen and oxygen atoms in total. The van der Waals surface area contributed by atoms with Crippen molar-refractivity contribution < 1.29 is 17.9 Å². The molecule has 1 aliphatic rings. The molecule has 2 atom stereocenters. The number of nitrogens with zero attached hydrogens (tertiary/aromatic N) is 1. The summed E-state index contributed by atoms with van der Waals surface area (Å²) in [6.45, 7) is -0.473. The Labute approximate surface area is 143 Å². The lowest BCUT2D eigenvalue weighted by Crippen LogP contribution is -2.49. The summed E-state index contributed by atoms with van der Waals surface area (Å²) in [5.41, 5.74) is 7.04. The quantitative estimate of drug-likeness (QED) is 0.548. The fourth-order valence-corrected chi connectivity index (χ4v) is 2.53. The highest BCUT2D eigenvalue weighted by molar-refractivity contribution is 6.30. The van der Waals surface area contributed by atoms with Gasteiger partial charge in [-0.15, -0.1) is 0 Å². The Morgan fingerprint density at radius 3 is 2.58 bits per heavy atom.